The molecule has 0 aliphatic carbocycles. The van der Waals surface area contributed by atoms with E-state index in [0.29, 0.717) is 18.3 Å². The molecule has 1 aromatic carbocycles. The fraction of sp³-hybridized carbons (Fsp3) is 0.636. The average Bonchev–Trinajstić information content (AvgIpc) is 2.70. The van der Waals surface area contributed by atoms with E-state index in [-0.39, 0.29) is 12.1 Å². The number of hydroxylamine groups is 2. The van der Waals surface area contributed by atoms with Crippen molar-refractivity contribution in [1.29, 1.82) is 0 Å². The summed E-state index contributed by atoms with van der Waals surface area (Å²) in [7, 11) is 0. The molecule has 0 radical (unpaired) electrons. The molecule has 1 aromatic rings. The Kier molecular flexibility index (Phi) is 12.7. The third-order valence-electron chi connectivity index (χ3n) is 4.24. The molecule has 29 heavy (non-hydrogen) atoms. The van der Waals surface area contributed by atoms with Crippen LogP contribution in [0.25, 0.3) is 0 Å². The molecule has 4 N–H and O–H groups in total. The van der Waals surface area contributed by atoms with E-state index in [1.807, 2.05) is 52.0 Å². The van der Waals surface area contributed by atoms with Crippen LogP contribution in [0.3, 0.4) is 0 Å². The van der Waals surface area contributed by atoms with Crippen molar-refractivity contribution in [2.75, 3.05) is 6.61 Å². The summed E-state index contributed by atoms with van der Waals surface area (Å²) in [5, 5.41) is 18.3. The van der Waals surface area contributed by atoms with Crippen molar-refractivity contribution >= 4 is 11.7 Å². The van der Waals surface area contributed by atoms with Gasteiger partial charge in [0, 0.05) is 24.1 Å². The van der Waals surface area contributed by atoms with Gasteiger partial charge in [0.1, 0.15) is 11.6 Å². The van der Waals surface area contributed by atoms with Gasteiger partial charge in [-0.25, -0.2) is 0 Å². The lowest BCUT2D eigenvalue weighted by atomic mass is 10.1. The van der Waals surface area contributed by atoms with E-state index in [9.17, 15) is 5.21 Å². The summed E-state index contributed by atoms with van der Waals surface area (Å²) in [5.41, 5.74) is 5.18. The Morgan fingerprint density at radius 2 is 1.41 bits per heavy atom. The smallest absolute Gasteiger partial charge is 0.152 e. The molecule has 0 fully saturated rings. The van der Waals surface area contributed by atoms with Crippen LogP contribution in [0.4, 0.5) is 0 Å². The second-order valence-corrected chi connectivity index (χ2v) is 7.71. The highest BCUT2D eigenvalue weighted by molar-refractivity contribution is 5.98. The number of hydrogen-bond acceptors (Lipinski definition) is 5. The molecule has 0 amide bonds. The van der Waals surface area contributed by atoms with Gasteiger partial charge in [-0.1, -0.05) is 25.7 Å². The predicted molar refractivity (Wildman–Crippen MR) is 118 cm³/mol. The summed E-state index contributed by atoms with van der Waals surface area (Å²) in [6.45, 7) is 8.61. The van der Waals surface area contributed by atoms with Crippen molar-refractivity contribution in [3.8, 4) is 5.75 Å². The van der Waals surface area contributed by atoms with Crippen LogP contribution in [0.15, 0.2) is 34.3 Å². The van der Waals surface area contributed by atoms with Gasteiger partial charge < -0.3 is 4.74 Å². The Hall–Kier alpha value is -2.12. The van der Waals surface area contributed by atoms with E-state index < -0.39 is 0 Å². The minimum absolute atomic E-state index is 0.0992. The quantitative estimate of drug-likeness (QED) is 0.164. The number of ether oxygens (including phenoxy) is 1. The predicted octanol–water partition coefficient (Wildman–Crippen LogP) is 4.72. The zero-order valence-corrected chi connectivity index (χ0v) is 18.3. The number of benzene rings is 1. The van der Waals surface area contributed by atoms with E-state index in [1.165, 1.54) is 12.8 Å². The summed E-state index contributed by atoms with van der Waals surface area (Å²) in [6, 6.07) is 7.86. The van der Waals surface area contributed by atoms with Gasteiger partial charge in [0.25, 0.3) is 0 Å². The number of aliphatic imine (C=N–C) groups is 2. The molecular formula is C22H38N4O3. The normalized spacial score (nSPS) is 12.6. The van der Waals surface area contributed by atoms with Crippen LogP contribution in [-0.4, -0.2) is 40.8 Å². The van der Waals surface area contributed by atoms with Gasteiger partial charge in [-0.3, -0.25) is 31.4 Å². The van der Waals surface area contributed by atoms with Gasteiger partial charge in [-0.15, -0.1) is 0 Å². The second-order valence-electron chi connectivity index (χ2n) is 7.71. The van der Waals surface area contributed by atoms with Crippen LogP contribution < -0.4 is 15.7 Å². The van der Waals surface area contributed by atoms with Crippen LogP contribution in [0.2, 0.25) is 0 Å². The Bertz CT molecular complexity index is 613. The molecule has 0 aromatic heterocycles. The van der Waals surface area contributed by atoms with E-state index in [1.54, 1.807) is 0 Å². The topological polar surface area (TPSA) is 98.5 Å². The van der Waals surface area contributed by atoms with Crippen LogP contribution in [0, 0.1) is 0 Å². The molecule has 0 bridgehead atoms. The maximum Gasteiger partial charge on any atom is 0.152 e. The van der Waals surface area contributed by atoms with Crippen molar-refractivity contribution in [1.82, 2.24) is 11.0 Å². The first-order chi connectivity index (χ1) is 14.0. The Balaban J connectivity index is 2.16. The van der Waals surface area contributed by atoms with E-state index >= 15 is 0 Å². The first-order valence-electron chi connectivity index (χ1n) is 10.6. The number of nitrogens with one attached hydrogen (secondary N) is 2. The third-order valence-corrected chi connectivity index (χ3v) is 4.24. The van der Waals surface area contributed by atoms with E-state index in [2.05, 4.69) is 20.9 Å². The lowest BCUT2D eigenvalue weighted by Crippen LogP contribution is -2.21. The molecule has 164 valence electrons. The van der Waals surface area contributed by atoms with E-state index in [0.717, 1.165) is 43.4 Å². The zero-order chi connectivity index (χ0) is 21.5. The molecule has 0 aliphatic rings. The summed E-state index contributed by atoms with van der Waals surface area (Å²) in [4.78, 5) is 8.66. The summed E-state index contributed by atoms with van der Waals surface area (Å²) < 4.78 is 5.79. The molecule has 0 spiro atoms. The van der Waals surface area contributed by atoms with Gasteiger partial charge >= 0.3 is 0 Å². The molecule has 0 heterocycles. The van der Waals surface area contributed by atoms with Gasteiger partial charge in [-0.05, 0) is 64.8 Å². The third kappa shape index (κ3) is 11.5. The number of hydrogen-bond donors (Lipinski definition) is 4. The first-order valence-corrected chi connectivity index (χ1v) is 10.6. The van der Waals surface area contributed by atoms with Gasteiger partial charge in [0.05, 0.1) is 6.61 Å². The van der Waals surface area contributed by atoms with Crippen molar-refractivity contribution in [2.45, 2.75) is 84.7 Å². The zero-order valence-electron chi connectivity index (χ0n) is 18.3. The highest BCUT2D eigenvalue weighted by Gasteiger charge is 2.04. The fourth-order valence-electron chi connectivity index (χ4n) is 2.89. The maximum atomic E-state index is 9.22. The summed E-state index contributed by atoms with van der Waals surface area (Å²) in [5.74, 6) is 1.96. The Morgan fingerprint density at radius 3 is 1.97 bits per heavy atom. The number of amidine groups is 2. The molecule has 1 rings (SSSR count). The van der Waals surface area contributed by atoms with Crippen LogP contribution >= 0.6 is 0 Å². The van der Waals surface area contributed by atoms with Crippen molar-refractivity contribution < 1.29 is 15.2 Å². The standard InChI is InChI=1S/C22H38N4O3/c1-17(2)23-21(25-27)11-9-7-5-6-8-10-16-29-20-14-12-19(13-15-20)22(26-28)24-18(3)4/h12-15,17-18,27-28H,5-11,16H2,1-4H3,(H,23,25)(H,24,26). The lowest BCUT2D eigenvalue weighted by molar-refractivity contribution is 0.230. The van der Waals surface area contributed by atoms with Crippen LogP contribution in [-0.2, 0) is 0 Å². The van der Waals surface area contributed by atoms with Crippen molar-refractivity contribution in [2.24, 2.45) is 9.98 Å². The Labute approximate surface area is 175 Å². The molecule has 0 unspecified atom stereocenters. The molecule has 0 saturated carbocycles. The van der Waals surface area contributed by atoms with E-state index in [4.69, 9.17) is 9.94 Å². The van der Waals surface area contributed by atoms with Crippen LogP contribution in [0.5, 0.6) is 5.75 Å². The van der Waals surface area contributed by atoms with Gasteiger partial charge in [-0.2, -0.15) is 0 Å². The average molecular weight is 407 g/mol. The van der Waals surface area contributed by atoms with Crippen molar-refractivity contribution in [3.05, 3.63) is 29.8 Å². The summed E-state index contributed by atoms with van der Waals surface area (Å²) in [6.07, 6.45) is 7.50. The van der Waals surface area contributed by atoms with Gasteiger partial charge in [0.15, 0.2) is 5.84 Å². The molecule has 7 nitrogen and oxygen atoms in total. The molecule has 7 heteroatoms. The maximum absolute atomic E-state index is 9.22. The summed E-state index contributed by atoms with van der Waals surface area (Å²) >= 11 is 0. The highest BCUT2D eigenvalue weighted by atomic mass is 16.5. The monoisotopic (exact) mass is 406 g/mol. The van der Waals surface area contributed by atoms with Crippen LogP contribution in [0.1, 0.15) is 78.2 Å². The lowest BCUT2D eigenvalue weighted by Gasteiger charge is -2.09. The number of rotatable bonds is 13. The van der Waals surface area contributed by atoms with Gasteiger partial charge in [0.2, 0.25) is 0 Å². The number of unbranched alkanes of at least 4 members (excludes halogenated alkanes) is 5. The Morgan fingerprint density at radius 1 is 0.828 bits per heavy atom. The SMILES string of the molecule is CC(C)N=C(CCCCCCCCOc1ccc(C(=NC(C)C)NO)cc1)NO. The largest absolute Gasteiger partial charge is 0.494 e. The molecular weight excluding hydrogens is 368 g/mol. The molecule has 0 aliphatic heterocycles. The minimum atomic E-state index is 0.0992. The highest BCUT2D eigenvalue weighted by Crippen LogP contribution is 2.14. The number of nitrogens with zero attached hydrogens (tertiary/aromatic N) is 2. The minimum Gasteiger partial charge on any atom is -0.494 e. The molecule has 0 atom stereocenters. The van der Waals surface area contributed by atoms with Crippen molar-refractivity contribution in [3.63, 3.8) is 0 Å². The first kappa shape index (κ1) is 24.9. The molecule has 0 saturated heterocycles. The fourth-order valence-corrected chi connectivity index (χ4v) is 2.89. The second kappa shape index (κ2) is 14.8.